The fourth-order valence-corrected chi connectivity index (χ4v) is 4.57. The van der Waals surface area contributed by atoms with Gasteiger partial charge in [-0.15, -0.1) is 0 Å². The third kappa shape index (κ3) is 5.37. The van der Waals surface area contributed by atoms with Gasteiger partial charge in [-0.2, -0.15) is 5.10 Å². The maximum absolute atomic E-state index is 13.9. The van der Waals surface area contributed by atoms with Crippen LogP contribution < -0.4 is 10.6 Å². The number of amides is 1. The van der Waals surface area contributed by atoms with Crippen molar-refractivity contribution in [2.45, 2.75) is 18.8 Å². The maximum atomic E-state index is 13.9. The second kappa shape index (κ2) is 10.8. The number of nitrogens with zero attached hydrogens (tertiary/aromatic N) is 3. The number of methoxy groups -OCH3 is 1. The molecule has 0 radical (unpaired) electrons. The monoisotopic (exact) mass is 488 g/mol. The Labute approximate surface area is 208 Å². The van der Waals surface area contributed by atoms with Crippen molar-refractivity contribution in [3.63, 3.8) is 0 Å². The molecule has 1 aliphatic heterocycles. The van der Waals surface area contributed by atoms with Gasteiger partial charge in [0.05, 0.1) is 17.7 Å². The number of piperidine rings is 1. The molecule has 1 fully saturated rings. The van der Waals surface area contributed by atoms with Crippen LogP contribution in [0.4, 0.5) is 21.7 Å². The molecule has 0 spiro atoms. The van der Waals surface area contributed by atoms with E-state index in [-0.39, 0.29) is 11.7 Å². The summed E-state index contributed by atoms with van der Waals surface area (Å²) in [5, 5.41) is 13.5. The summed E-state index contributed by atoms with van der Waals surface area (Å²) in [5.41, 5.74) is 2.65. The van der Waals surface area contributed by atoms with Crippen LogP contribution in [0.5, 0.6) is 0 Å². The molecule has 5 rings (SSSR count). The zero-order valence-electron chi connectivity index (χ0n) is 20.1. The molecule has 1 aliphatic rings. The average molecular weight is 489 g/mol. The lowest BCUT2D eigenvalue weighted by Crippen LogP contribution is -2.35. The Morgan fingerprint density at radius 3 is 2.64 bits per heavy atom. The van der Waals surface area contributed by atoms with Crippen molar-refractivity contribution >= 4 is 34.3 Å². The number of benzene rings is 2. The van der Waals surface area contributed by atoms with E-state index in [0.717, 1.165) is 39.1 Å². The van der Waals surface area contributed by atoms with Gasteiger partial charge in [-0.25, -0.2) is 9.37 Å². The van der Waals surface area contributed by atoms with Gasteiger partial charge >= 0.3 is 0 Å². The molecule has 0 atom stereocenters. The summed E-state index contributed by atoms with van der Waals surface area (Å²) >= 11 is 0. The van der Waals surface area contributed by atoms with Gasteiger partial charge in [-0.3, -0.25) is 9.89 Å². The molecule has 0 aliphatic carbocycles. The Bertz CT molecular complexity index is 1330. The van der Waals surface area contributed by atoms with Gasteiger partial charge in [0, 0.05) is 19.2 Å². The van der Waals surface area contributed by atoms with Crippen molar-refractivity contribution < 1.29 is 13.9 Å². The number of hydrogen-bond donors (Lipinski definition) is 3. The third-order valence-corrected chi connectivity index (χ3v) is 6.64. The summed E-state index contributed by atoms with van der Waals surface area (Å²) in [7, 11) is 1.74. The number of carbonyl (C=O) groups is 1. The minimum atomic E-state index is -0.365. The number of pyridine rings is 1. The predicted octanol–water partition coefficient (Wildman–Crippen LogP) is 4.92. The number of H-pyrrole nitrogens is 1. The van der Waals surface area contributed by atoms with Crippen LogP contribution in [-0.2, 0) is 4.74 Å². The van der Waals surface area contributed by atoms with Crippen LogP contribution in [0, 0.1) is 5.82 Å². The van der Waals surface area contributed by atoms with E-state index < -0.39 is 0 Å². The van der Waals surface area contributed by atoms with Crippen LogP contribution in [0.1, 0.15) is 34.7 Å². The maximum Gasteiger partial charge on any atom is 0.256 e. The van der Waals surface area contributed by atoms with Gasteiger partial charge in [0.25, 0.3) is 5.91 Å². The number of rotatable bonds is 8. The number of carbonyl (C=O) groups excluding carboxylic acids is 1. The molecule has 8 nitrogen and oxygen atoms in total. The second-order valence-corrected chi connectivity index (χ2v) is 8.95. The summed E-state index contributed by atoms with van der Waals surface area (Å²) in [5.74, 6) is 0.768. The molecule has 3 heterocycles. The van der Waals surface area contributed by atoms with Crippen molar-refractivity contribution in [1.82, 2.24) is 20.1 Å². The van der Waals surface area contributed by atoms with E-state index in [1.807, 2.05) is 12.1 Å². The number of halogens is 1. The number of nitrogens with one attached hydrogen (secondary N) is 3. The summed E-state index contributed by atoms with van der Waals surface area (Å²) < 4.78 is 19.1. The molecule has 0 bridgehead atoms. The highest BCUT2D eigenvalue weighted by Crippen LogP contribution is 2.29. The number of fused-ring (bicyclic) bond motifs is 1. The lowest BCUT2D eigenvalue weighted by molar-refractivity contribution is 0.102. The summed E-state index contributed by atoms with van der Waals surface area (Å²) in [6.45, 7) is 3.87. The number of likely N-dealkylation sites (tertiary alicyclic amines) is 1. The highest BCUT2D eigenvalue weighted by atomic mass is 19.1. The zero-order chi connectivity index (χ0) is 24.9. The first-order chi connectivity index (χ1) is 17.6. The Kier molecular flexibility index (Phi) is 7.20. The van der Waals surface area contributed by atoms with Gasteiger partial charge in [-0.1, -0.05) is 24.3 Å². The minimum absolute atomic E-state index is 0.238. The predicted molar refractivity (Wildman–Crippen MR) is 138 cm³/mol. The zero-order valence-corrected chi connectivity index (χ0v) is 20.1. The van der Waals surface area contributed by atoms with Crippen LogP contribution in [0.25, 0.3) is 11.0 Å². The average Bonchev–Trinajstić information content (AvgIpc) is 3.31. The SMILES string of the molecule is COCCN1CCC(c2ccc(C(=O)Nc3n[nH]c4nc(Nc5ccccc5F)ccc34)cc2)CC1. The number of aromatic amines is 1. The first-order valence-corrected chi connectivity index (χ1v) is 12.1. The topological polar surface area (TPSA) is 95.2 Å². The molecular weight excluding hydrogens is 459 g/mol. The fraction of sp³-hybridized carbons (Fsp3) is 0.296. The number of aromatic nitrogens is 3. The molecule has 186 valence electrons. The van der Waals surface area contributed by atoms with Gasteiger partial charge in [0.2, 0.25) is 0 Å². The van der Waals surface area contributed by atoms with Crippen LogP contribution in [0.2, 0.25) is 0 Å². The molecule has 1 amide bonds. The molecule has 36 heavy (non-hydrogen) atoms. The van der Waals surface area contributed by atoms with E-state index in [0.29, 0.717) is 39.8 Å². The third-order valence-electron chi connectivity index (χ3n) is 6.64. The molecule has 3 N–H and O–H groups in total. The van der Waals surface area contributed by atoms with Crippen molar-refractivity contribution in [2.24, 2.45) is 0 Å². The standard InChI is InChI=1S/C27H29FN6O2/c1-36-17-16-34-14-12-19(13-15-34)18-6-8-20(9-7-18)27(35)31-26-21-10-11-24(30-25(21)32-33-26)29-23-5-3-2-4-22(23)28/h2-11,19H,12-17H2,1H3,(H3,29,30,31,32,33,35). The Balaban J connectivity index is 1.21. The molecule has 9 heteroatoms. The van der Waals surface area contributed by atoms with Gasteiger partial charge in [0.15, 0.2) is 11.5 Å². The first kappa shape index (κ1) is 23.9. The van der Waals surface area contributed by atoms with Crippen LogP contribution in [-0.4, -0.2) is 59.3 Å². The summed E-state index contributed by atoms with van der Waals surface area (Å²) in [6, 6.07) is 17.7. The number of hydrogen-bond acceptors (Lipinski definition) is 6. The van der Waals surface area contributed by atoms with Crippen molar-refractivity contribution in [2.75, 3.05) is 44.0 Å². The highest BCUT2D eigenvalue weighted by Gasteiger charge is 2.21. The van der Waals surface area contributed by atoms with Gasteiger partial charge < -0.3 is 20.3 Å². The molecule has 2 aromatic heterocycles. The first-order valence-electron chi connectivity index (χ1n) is 12.1. The minimum Gasteiger partial charge on any atom is -0.383 e. The smallest absolute Gasteiger partial charge is 0.256 e. The van der Waals surface area contributed by atoms with E-state index >= 15 is 0 Å². The quantitative estimate of drug-likeness (QED) is 0.326. The Morgan fingerprint density at radius 1 is 1.11 bits per heavy atom. The van der Waals surface area contributed by atoms with Gasteiger partial charge in [0.1, 0.15) is 11.6 Å². The van der Waals surface area contributed by atoms with Crippen LogP contribution >= 0.6 is 0 Å². The molecule has 0 unspecified atom stereocenters. The van der Waals surface area contributed by atoms with Crippen LogP contribution in [0.15, 0.2) is 60.7 Å². The van der Waals surface area contributed by atoms with E-state index in [1.54, 1.807) is 37.4 Å². The molecule has 0 saturated carbocycles. The van der Waals surface area contributed by atoms with E-state index in [1.165, 1.54) is 11.6 Å². The Morgan fingerprint density at radius 2 is 1.89 bits per heavy atom. The van der Waals surface area contributed by atoms with E-state index in [4.69, 9.17) is 4.74 Å². The second-order valence-electron chi connectivity index (χ2n) is 8.95. The molecule has 1 saturated heterocycles. The van der Waals surface area contributed by atoms with E-state index in [9.17, 15) is 9.18 Å². The Hall–Kier alpha value is -3.82. The fourth-order valence-electron chi connectivity index (χ4n) is 4.57. The van der Waals surface area contributed by atoms with Crippen molar-refractivity contribution in [3.8, 4) is 0 Å². The highest BCUT2D eigenvalue weighted by molar-refractivity contribution is 6.07. The summed E-state index contributed by atoms with van der Waals surface area (Å²) in [4.78, 5) is 19.7. The normalized spacial score (nSPS) is 14.7. The van der Waals surface area contributed by atoms with Crippen molar-refractivity contribution in [3.05, 3.63) is 77.6 Å². The van der Waals surface area contributed by atoms with E-state index in [2.05, 4.69) is 42.8 Å². The molecule has 4 aromatic rings. The van der Waals surface area contributed by atoms with Gasteiger partial charge in [-0.05, 0) is 73.8 Å². The summed E-state index contributed by atoms with van der Waals surface area (Å²) in [6.07, 6.45) is 2.21. The molecule has 2 aromatic carbocycles. The lowest BCUT2D eigenvalue weighted by Gasteiger charge is -2.32. The molecular formula is C27H29FN6O2. The number of para-hydroxylation sites is 1. The number of anilines is 3. The largest absolute Gasteiger partial charge is 0.383 e. The lowest BCUT2D eigenvalue weighted by atomic mass is 9.89. The number of ether oxygens (including phenoxy) is 1. The van der Waals surface area contributed by atoms with Crippen LogP contribution in [0.3, 0.4) is 0 Å². The van der Waals surface area contributed by atoms with Crippen molar-refractivity contribution in [1.29, 1.82) is 0 Å².